The molecule has 0 spiro atoms. The van der Waals surface area contributed by atoms with E-state index < -0.39 is 0 Å². The van der Waals surface area contributed by atoms with Crippen LogP contribution in [0.1, 0.15) is 17.5 Å². The first-order chi connectivity index (χ1) is 7.24. The number of piperidine rings is 1. The van der Waals surface area contributed by atoms with Crippen LogP contribution < -0.4 is 5.73 Å². The molecular weight excluding hydrogens is 184 g/mol. The smallest absolute Gasteiger partial charge is 0.0178 e. The van der Waals surface area contributed by atoms with Crippen molar-refractivity contribution in [3.8, 4) is 0 Å². The van der Waals surface area contributed by atoms with E-state index in [4.69, 9.17) is 5.73 Å². The predicted molar refractivity (Wildman–Crippen MR) is 61.6 cm³/mol. The van der Waals surface area contributed by atoms with Crippen molar-refractivity contribution in [2.24, 2.45) is 11.7 Å². The third kappa shape index (κ3) is 1.32. The largest absolute Gasteiger partial charge is 0.326 e. The Kier molecular flexibility index (Phi) is 1.91. The van der Waals surface area contributed by atoms with Gasteiger partial charge in [0.25, 0.3) is 0 Å². The van der Waals surface area contributed by atoms with E-state index in [9.17, 15) is 0 Å². The van der Waals surface area contributed by atoms with Crippen molar-refractivity contribution in [3.05, 3.63) is 35.4 Å². The van der Waals surface area contributed by atoms with Crippen LogP contribution in [0.2, 0.25) is 0 Å². The molecule has 1 aromatic rings. The standard InChI is InChI=1S/C13H18N2/c1-15-8-12-6-13(12,9-15)11-4-2-10(7-14)3-5-11/h2-5,12H,6-9,14H2,1H3. The van der Waals surface area contributed by atoms with Crippen molar-refractivity contribution in [1.82, 2.24) is 4.90 Å². The summed E-state index contributed by atoms with van der Waals surface area (Å²) >= 11 is 0. The monoisotopic (exact) mass is 202 g/mol. The zero-order chi connectivity index (χ0) is 10.5. The maximum absolute atomic E-state index is 5.61. The van der Waals surface area contributed by atoms with Gasteiger partial charge < -0.3 is 10.6 Å². The lowest BCUT2D eigenvalue weighted by atomic mass is 9.94. The van der Waals surface area contributed by atoms with Gasteiger partial charge in [-0.15, -0.1) is 0 Å². The molecule has 1 saturated carbocycles. The molecule has 1 aliphatic carbocycles. The molecular formula is C13H18N2. The fourth-order valence-corrected chi connectivity index (χ4v) is 3.15. The molecule has 0 bridgehead atoms. The lowest BCUT2D eigenvalue weighted by Crippen LogP contribution is -2.22. The van der Waals surface area contributed by atoms with E-state index in [0.717, 1.165) is 5.92 Å². The van der Waals surface area contributed by atoms with Crippen LogP contribution in [0.3, 0.4) is 0 Å². The molecule has 1 aliphatic heterocycles. The molecule has 1 aromatic carbocycles. The molecule has 1 heterocycles. The number of hydrogen-bond donors (Lipinski definition) is 1. The third-order valence-corrected chi connectivity index (χ3v) is 4.08. The second kappa shape index (κ2) is 3.06. The number of likely N-dealkylation sites (tertiary alicyclic amines) is 1. The fraction of sp³-hybridized carbons (Fsp3) is 0.538. The Morgan fingerprint density at radius 1 is 1.40 bits per heavy atom. The topological polar surface area (TPSA) is 29.3 Å². The number of fused-ring (bicyclic) bond motifs is 1. The van der Waals surface area contributed by atoms with Crippen molar-refractivity contribution in [2.45, 2.75) is 18.4 Å². The van der Waals surface area contributed by atoms with Gasteiger partial charge in [0.2, 0.25) is 0 Å². The molecule has 2 nitrogen and oxygen atoms in total. The van der Waals surface area contributed by atoms with E-state index >= 15 is 0 Å². The summed E-state index contributed by atoms with van der Waals surface area (Å²) in [5.74, 6) is 0.909. The molecule has 80 valence electrons. The summed E-state index contributed by atoms with van der Waals surface area (Å²) in [6.45, 7) is 3.16. The van der Waals surface area contributed by atoms with Gasteiger partial charge in [0.05, 0.1) is 0 Å². The number of rotatable bonds is 2. The Bertz CT molecular complexity index is 371. The van der Waals surface area contributed by atoms with E-state index in [-0.39, 0.29) is 0 Å². The van der Waals surface area contributed by atoms with Crippen molar-refractivity contribution in [3.63, 3.8) is 0 Å². The Morgan fingerprint density at radius 3 is 2.67 bits per heavy atom. The molecule has 0 amide bonds. The van der Waals surface area contributed by atoms with Gasteiger partial charge in [-0.25, -0.2) is 0 Å². The van der Waals surface area contributed by atoms with Gasteiger partial charge in [-0.1, -0.05) is 24.3 Å². The highest BCUT2D eigenvalue weighted by atomic mass is 15.2. The SMILES string of the molecule is CN1CC2CC2(c2ccc(CN)cc2)C1. The minimum Gasteiger partial charge on any atom is -0.326 e. The molecule has 15 heavy (non-hydrogen) atoms. The van der Waals surface area contributed by atoms with Crippen LogP contribution in [0, 0.1) is 5.92 Å². The highest BCUT2D eigenvalue weighted by molar-refractivity contribution is 5.38. The minimum absolute atomic E-state index is 0.502. The Labute approximate surface area is 91.1 Å². The van der Waals surface area contributed by atoms with E-state index in [1.165, 1.54) is 30.6 Å². The van der Waals surface area contributed by atoms with Crippen molar-refractivity contribution >= 4 is 0 Å². The first kappa shape index (κ1) is 9.37. The molecule has 2 N–H and O–H groups in total. The van der Waals surface area contributed by atoms with Gasteiger partial charge in [0.15, 0.2) is 0 Å². The lowest BCUT2D eigenvalue weighted by molar-refractivity contribution is 0.363. The minimum atomic E-state index is 0.502. The van der Waals surface area contributed by atoms with Gasteiger partial charge in [-0.2, -0.15) is 0 Å². The van der Waals surface area contributed by atoms with Gasteiger partial charge in [0, 0.05) is 25.0 Å². The van der Waals surface area contributed by atoms with Gasteiger partial charge in [-0.3, -0.25) is 0 Å². The Morgan fingerprint density at radius 2 is 2.13 bits per heavy atom. The van der Waals surface area contributed by atoms with Gasteiger partial charge in [0.1, 0.15) is 0 Å². The van der Waals surface area contributed by atoms with Gasteiger partial charge in [-0.05, 0) is 30.5 Å². The van der Waals surface area contributed by atoms with Crippen LogP contribution in [0.4, 0.5) is 0 Å². The van der Waals surface area contributed by atoms with Crippen molar-refractivity contribution < 1.29 is 0 Å². The quantitative estimate of drug-likeness (QED) is 0.784. The molecule has 1 saturated heterocycles. The summed E-state index contributed by atoms with van der Waals surface area (Å²) in [7, 11) is 2.22. The average Bonchev–Trinajstić information content (AvgIpc) is 2.83. The molecule has 2 heteroatoms. The van der Waals surface area contributed by atoms with E-state index in [1.54, 1.807) is 0 Å². The summed E-state index contributed by atoms with van der Waals surface area (Å²) in [5, 5.41) is 0. The average molecular weight is 202 g/mol. The maximum Gasteiger partial charge on any atom is 0.0178 e. The van der Waals surface area contributed by atoms with Crippen LogP contribution in [0.5, 0.6) is 0 Å². The summed E-state index contributed by atoms with van der Waals surface area (Å²) < 4.78 is 0. The second-order valence-electron chi connectivity index (χ2n) is 5.15. The number of hydrogen-bond acceptors (Lipinski definition) is 2. The number of benzene rings is 1. The fourth-order valence-electron chi connectivity index (χ4n) is 3.15. The number of likely N-dealkylation sites (N-methyl/N-ethyl adjacent to an activating group) is 1. The molecule has 3 rings (SSSR count). The summed E-state index contributed by atoms with van der Waals surface area (Å²) in [5.41, 5.74) is 8.87. The normalized spacial score (nSPS) is 34.1. The summed E-state index contributed by atoms with van der Waals surface area (Å²) in [6, 6.07) is 8.91. The van der Waals surface area contributed by atoms with Crippen LogP contribution in [-0.4, -0.2) is 25.0 Å². The third-order valence-electron chi connectivity index (χ3n) is 4.08. The Balaban J connectivity index is 1.88. The van der Waals surface area contributed by atoms with E-state index in [1.807, 2.05) is 0 Å². The highest BCUT2D eigenvalue weighted by Gasteiger charge is 2.59. The molecule has 2 atom stereocenters. The van der Waals surface area contributed by atoms with Crippen LogP contribution >= 0.6 is 0 Å². The van der Waals surface area contributed by atoms with E-state index in [2.05, 4.69) is 36.2 Å². The molecule has 2 aliphatic rings. The summed E-state index contributed by atoms with van der Waals surface area (Å²) in [4.78, 5) is 2.45. The molecule has 0 radical (unpaired) electrons. The maximum atomic E-state index is 5.61. The predicted octanol–water partition coefficient (Wildman–Crippen LogP) is 1.35. The summed E-state index contributed by atoms with van der Waals surface area (Å²) in [6.07, 6.45) is 1.39. The zero-order valence-corrected chi connectivity index (χ0v) is 9.24. The molecule has 0 aromatic heterocycles. The van der Waals surface area contributed by atoms with Crippen LogP contribution in [0.25, 0.3) is 0 Å². The zero-order valence-electron chi connectivity index (χ0n) is 9.24. The highest BCUT2D eigenvalue weighted by Crippen LogP contribution is 2.58. The number of nitrogens with two attached hydrogens (primary N) is 1. The van der Waals surface area contributed by atoms with Gasteiger partial charge >= 0.3 is 0 Å². The second-order valence-corrected chi connectivity index (χ2v) is 5.15. The molecule has 2 fully saturated rings. The first-order valence-electron chi connectivity index (χ1n) is 5.73. The first-order valence-corrected chi connectivity index (χ1v) is 5.73. The van der Waals surface area contributed by atoms with Crippen molar-refractivity contribution in [2.75, 3.05) is 20.1 Å². The van der Waals surface area contributed by atoms with Crippen LogP contribution in [-0.2, 0) is 12.0 Å². The lowest BCUT2D eigenvalue weighted by Gasteiger charge is -2.16. The van der Waals surface area contributed by atoms with Crippen LogP contribution in [0.15, 0.2) is 24.3 Å². The Hall–Kier alpha value is -0.860. The van der Waals surface area contributed by atoms with Crippen molar-refractivity contribution in [1.29, 1.82) is 0 Å². The molecule has 2 unspecified atom stereocenters. The number of nitrogens with zero attached hydrogens (tertiary/aromatic N) is 1. The van der Waals surface area contributed by atoms with E-state index in [0.29, 0.717) is 12.0 Å².